The molecular formula is C18H15ClN2O2. The van der Waals surface area contributed by atoms with E-state index in [9.17, 15) is 4.79 Å². The Morgan fingerprint density at radius 2 is 1.91 bits per heavy atom. The van der Waals surface area contributed by atoms with Crippen LogP contribution in [0.1, 0.15) is 17.3 Å². The van der Waals surface area contributed by atoms with Crippen LogP contribution in [0, 0.1) is 0 Å². The molecule has 0 unspecified atom stereocenters. The summed E-state index contributed by atoms with van der Waals surface area (Å²) < 4.78 is 5.62. The van der Waals surface area contributed by atoms with Crippen molar-refractivity contribution >= 4 is 34.1 Å². The van der Waals surface area contributed by atoms with Crippen LogP contribution >= 0.6 is 11.6 Å². The van der Waals surface area contributed by atoms with Crippen LogP contribution in [0.3, 0.4) is 0 Å². The van der Waals surface area contributed by atoms with Crippen LogP contribution in [0.25, 0.3) is 10.8 Å². The third-order valence-electron chi connectivity index (χ3n) is 3.36. The van der Waals surface area contributed by atoms with E-state index in [2.05, 4.69) is 10.3 Å². The van der Waals surface area contributed by atoms with Crippen LogP contribution in [-0.4, -0.2) is 17.5 Å². The van der Waals surface area contributed by atoms with Crippen LogP contribution in [0.2, 0.25) is 5.02 Å². The Morgan fingerprint density at radius 1 is 1.17 bits per heavy atom. The summed E-state index contributed by atoms with van der Waals surface area (Å²) in [5, 5.41) is 5.28. The van der Waals surface area contributed by atoms with Gasteiger partial charge in [-0.25, -0.2) is 4.98 Å². The zero-order valence-electron chi connectivity index (χ0n) is 12.5. The number of anilines is 1. The van der Waals surface area contributed by atoms with Gasteiger partial charge in [-0.15, -0.1) is 0 Å². The van der Waals surface area contributed by atoms with E-state index in [4.69, 9.17) is 16.3 Å². The van der Waals surface area contributed by atoms with Crippen LogP contribution in [0.15, 0.2) is 54.7 Å². The van der Waals surface area contributed by atoms with E-state index in [1.807, 2.05) is 43.3 Å². The first-order valence-electron chi connectivity index (χ1n) is 7.26. The minimum atomic E-state index is -0.269. The molecule has 2 aromatic carbocycles. The molecule has 116 valence electrons. The van der Waals surface area contributed by atoms with E-state index >= 15 is 0 Å². The second-order valence-electron chi connectivity index (χ2n) is 4.94. The predicted molar refractivity (Wildman–Crippen MR) is 92.3 cm³/mol. The summed E-state index contributed by atoms with van der Waals surface area (Å²) in [4.78, 5) is 16.7. The smallest absolute Gasteiger partial charge is 0.260 e. The first-order valence-corrected chi connectivity index (χ1v) is 7.63. The molecule has 0 aliphatic heterocycles. The number of halogens is 1. The number of pyridine rings is 1. The van der Waals surface area contributed by atoms with E-state index in [-0.39, 0.29) is 5.91 Å². The Balaban J connectivity index is 1.97. The highest BCUT2D eigenvalue weighted by Crippen LogP contribution is 2.27. The van der Waals surface area contributed by atoms with Gasteiger partial charge in [0.25, 0.3) is 5.91 Å². The van der Waals surface area contributed by atoms with Crippen LogP contribution in [0.4, 0.5) is 5.82 Å². The Labute approximate surface area is 139 Å². The molecule has 1 amide bonds. The maximum atomic E-state index is 12.6. The number of hydrogen-bond acceptors (Lipinski definition) is 3. The molecule has 0 bridgehead atoms. The lowest BCUT2D eigenvalue weighted by molar-refractivity contribution is 0.102. The standard InChI is InChI=1S/C18H15ClN2O2/c1-2-23-16-10-13-6-4-3-5-12(13)9-15(16)18(22)21-17-8-7-14(19)11-20-17/h3-11H,2H2,1H3,(H,20,21,22). The number of carbonyl (C=O) groups excluding carboxylic acids is 1. The van der Waals surface area contributed by atoms with Crippen LogP contribution in [-0.2, 0) is 0 Å². The highest BCUT2D eigenvalue weighted by molar-refractivity contribution is 6.30. The zero-order chi connectivity index (χ0) is 16.2. The molecule has 5 heteroatoms. The van der Waals surface area contributed by atoms with Crippen molar-refractivity contribution in [3.05, 3.63) is 65.3 Å². The fourth-order valence-corrected chi connectivity index (χ4v) is 2.42. The Hall–Kier alpha value is -2.59. The molecule has 0 aliphatic rings. The number of hydrogen-bond donors (Lipinski definition) is 1. The molecule has 1 N–H and O–H groups in total. The minimum Gasteiger partial charge on any atom is -0.493 e. The maximum Gasteiger partial charge on any atom is 0.260 e. The minimum absolute atomic E-state index is 0.269. The summed E-state index contributed by atoms with van der Waals surface area (Å²) in [6, 6.07) is 14.9. The van der Waals surface area contributed by atoms with Gasteiger partial charge < -0.3 is 10.1 Å². The highest BCUT2D eigenvalue weighted by atomic mass is 35.5. The van der Waals surface area contributed by atoms with Gasteiger partial charge in [0.05, 0.1) is 17.2 Å². The van der Waals surface area contributed by atoms with Crippen LogP contribution in [0.5, 0.6) is 5.75 Å². The number of ether oxygens (including phenoxy) is 1. The topological polar surface area (TPSA) is 51.2 Å². The molecule has 0 atom stereocenters. The fourth-order valence-electron chi connectivity index (χ4n) is 2.31. The maximum absolute atomic E-state index is 12.6. The Kier molecular flexibility index (Phi) is 4.44. The molecule has 0 saturated heterocycles. The Bertz CT molecular complexity index is 847. The van der Waals surface area contributed by atoms with Crippen molar-refractivity contribution in [2.75, 3.05) is 11.9 Å². The summed E-state index contributed by atoms with van der Waals surface area (Å²) in [5.74, 6) is 0.724. The lowest BCUT2D eigenvalue weighted by atomic mass is 10.1. The van der Waals surface area contributed by atoms with E-state index in [0.29, 0.717) is 28.8 Å². The molecule has 0 aliphatic carbocycles. The lowest BCUT2D eigenvalue weighted by Gasteiger charge is -2.12. The third kappa shape index (κ3) is 3.43. The number of fused-ring (bicyclic) bond motifs is 1. The normalized spacial score (nSPS) is 10.5. The van der Waals surface area contributed by atoms with E-state index in [1.165, 1.54) is 6.20 Å². The third-order valence-corrected chi connectivity index (χ3v) is 3.58. The fraction of sp³-hybridized carbons (Fsp3) is 0.111. The number of rotatable bonds is 4. The van der Waals surface area contributed by atoms with Crippen molar-refractivity contribution in [3.8, 4) is 5.75 Å². The number of aromatic nitrogens is 1. The molecule has 1 heterocycles. The number of amides is 1. The summed E-state index contributed by atoms with van der Waals surface area (Å²) in [6.07, 6.45) is 1.49. The predicted octanol–water partition coefficient (Wildman–Crippen LogP) is 4.54. The van der Waals surface area contributed by atoms with Crippen molar-refractivity contribution in [3.63, 3.8) is 0 Å². The summed E-state index contributed by atoms with van der Waals surface area (Å²) in [7, 11) is 0. The summed E-state index contributed by atoms with van der Waals surface area (Å²) in [6.45, 7) is 2.37. The van der Waals surface area contributed by atoms with Crippen molar-refractivity contribution < 1.29 is 9.53 Å². The molecule has 23 heavy (non-hydrogen) atoms. The van der Waals surface area contributed by atoms with Gasteiger partial charge in [-0.3, -0.25) is 4.79 Å². The average Bonchev–Trinajstić information content (AvgIpc) is 2.56. The summed E-state index contributed by atoms with van der Waals surface area (Å²) >= 11 is 5.80. The SMILES string of the molecule is CCOc1cc2ccccc2cc1C(=O)Nc1ccc(Cl)cn1. The molecule has 0 saturated carbocycles. The number of nitrogens with one attached hydrogen (secondary N) is 1. The van der Waals surface area contributed by atoms with Crippen molar-refractivity contribution in [1.82, 2.24) is 4.98 Å². The van der Waals surface area contributed by atoms with Gasteiger partial charge in [0, 0.05) is 6.20 Å². The van der Waals surface area contributed by atoms with Gasteiger partial charge in [-0.05, 0) is 42.0 Å². The van der Waals surface area contributed by atoms with Crippen molar-refractivity contribution in [2.45, 2.75) is 6.92 Å². The Morgan fingerprint density at radius 3 is 2.57 bits per heavy atom. The van der Waals surface area contributed by atoms with Gasteiger partial charge in [-0.2, -0.15) is 0 Å². The quantitative estimate of drug-likeness (QED) is 0.765. The monoisotopic (exact) mass is 326 g/mol. The molecule has 3 aromatic rings. The first-order chi connectivity index (χ1) is 11.2. The van der Waals surface area contributed by atoms with E-state index < -0.39 is 0 Å². The zero-order valence-corrected chi connectivity index (χ0v) is 13.3. The highest BCUT2D eigenvalue weighted by Gasteiger charge is 2.14. The second kappa shape index (κ2) is 6.67. The number of nitrogens with zero attached hydrogens (tertiary/aromatic N) is 1. The lowest BCUT2D eigenvalue weighted by Crippen LogP contribution is -2.14. The van der Waals surface area contributed by atoms with Crippen molar-refractivity contribution in [1.29, 1.82) is 0 Å². The first kappa shape index (κ1) is 15.3. The van der Waals surface area contributed by atoms with Gasteiger partial charge in [-0.1, -0.05) is 35.9 Å². The van der Waals surface area contributed by atoms with E-state index in [1.54, 1.807) is 12.1 Å². The molecule has 0 radical (unpaired) electrons. The number of carbonyl (C=O) groups is 1. The van der Waals surface area contributed by atoms with Gasteiger partial charge >= 0.3 is 0 Å². The average molecular weight is 327 g/mol. The molecule has 1 aromatic heterocycles. The molecule has 0 spiro atoms. The van der Waals surface area contributed by atoms with Crippen LogP contribution < -0.4 is 10.1 Å². The largest absolute Gasteiger partial charge is 0.493 e. The molecule has 4 nitrogen and oxygen atoms in total. The van der Waals surface area contributed by atoms with Gasteiger partial charge in [0.15, 0.2) is 0 Å². The number of benzene rings is 2. The van der Waals surface area contributed by atoms with E-state index in [0.717, 1.165) is 10.8 Å². The van der Waals surface area contributed by atoms with Gasteiger partial charge in [0.2, 0.25) is 0 Å². The van der Waals surface area contributed by atoms with Gasteiger partial charge in [0.1, 0.15) is 11.6 Å². The molecular weight excluding hydrogens is 312 g/mol. The molecule has 3 rings (SSSR count). The van der Waals surface area contributed by atoms with Crippen molar-refractivity contribution in [2.24, 2.45) is 0 Å². The summed E-state index contributed by atoms with van der Waals surface area (Å²) in [5.41, 5.74) is 0.474. The second-order valence-corrected chi connectivity index (χ2v) is 5.38. The molecule has 0 fully saturated rings.